The molecule has 3 aromatic rings. The molecule has 2 amide bonds. The molecular weight excluding hydrogens is 388 g/mol. The second-order valence-electron chi connectivity index (χ2n) is 7.94. The second kappa shape index (κ2) is 9.47. The maximum atomic E-state index is 12.9. The summed E-state index contributed by atoms with van der Waals surface area (Å²) in [7, 11) is 0. The minimum Gasteiger partial charge on any atom is -0.457 e. The molecule has 5 heteroatoms. The Morgan fingerprint density at radius 1 is 0.806 bits per heavy atom. The molecule has 5 nitrogen and oxygen atoms in total. The monoisotopic (exact) mass is 414 g/mol. The number of hydrogen-bond acceptors (Lipinski definition) is 3. The van der Waals surface area contributed by atoms with Crippen LogP contribution in [0.1, 0.15) is 39.1 Å². The molecule has 0 spiro atoms. The number of amides is 2. The third kappa shape index (κ3) is 5.31. The van der Waals surface area contributed by atoms with Crippen molar-refractivity contribution in [1.29, 1.82) is 0 Å². The third-order valence-electron chi connectivity index (χ3n) is 5.74. The van der Waals surface area contributed by atoms with Crippen molar-refractivity contribution in [2.24, 2.45) is 11.7 Å². The Labute approximate surface area is 182 Å². The van der Waals surface area contributed by atoms with Crippen molar-refractivity contribution in [3.63, 3.8) is 0 Å². The van der Waals surface area contributed by atoms with E-state index in [-0.39, 0.29) is 5.91 Å². The van der Waals surface area contributed by atoms with Gasteiger partial charge < -0.3 is 15.4 Å². The molecule has 0 unspecified atom stereocenters. The highest BCUT2D eigenvalue weighted by molar-refractivity contribution is 5.94. The highest BCUT2D eigenvalue weighted by Gasteiger charge is 2.23. The van der Waals surface area contributed by atoms with Crippen LogP contribution in [0.4, 0.5) is 0 Å². The molecule has 1 aliphatic rings. The van der Waals surface area contributed by atoms with Crippen LogP contribution in [-0.2, 0) is 6.42 Å². The molecule has 2 N–H and O–H groups in total. The zero-order valence-electron chi connectivity index (χ0n) is 17.4. The van der Waals surface area contributed by atoms with E-state index in [1.807, 2.05) is 11.0 Å². The number of piperidine rings is 1. The Bertz CT molecular complexity index is 1020. The van der Waals surface area contributed by atoms with Gasteiger partial charge in [-0.2, -0.15) is 0 Å². The molecule has 1 fully saturated rings. The van der Waals surface area contributed by atoms with Crippen molar-refractivity contribution in [2.45, 2.75) is 19.3 Å². The van der Waals surface area contributed by atoms with Crippen molar-refractivity contribution in [1.82, 2.24) is 4.90 Å². The summed E-state index contributed by atoms with van der Waals surface area (Å²) < 4.78 is 5.79. The highest BCUT2D eigenvalue weighted by atomic mass is 16.5. The smallest absolute Gasteiger partial charge is 0.253 e. The fourth-order valence-electron chi connectivity index (χ4n) is 3.96. The van der Waals surface area contributed by atoms with Crippen molar-refractivity contribution >= 4 is 11.8 Å². The average Bonchev–Trinajstić information content (AvgIpc) is 2.81. The Kier molecular flexibility index (Phi) is 6.32. The van der Waals surface area contributed by atoms with Crippen LogP contribution in [-0.4, -0.2) is 29.8 Å². The van der Waals surface area contributed by atoms with Crippen LogP contribution < -0.4 is 10.5 Å². The van der Waals surface area contributed by atoms with Crippen LogP contribution >= 0.6 is 0 Å². The topological polar surface area (TPSA) is 72.6 Å². The maximum Gasteiger partial charge on any atom is 0.253 e. The summed E-state index contributed by atoms with van der Waals surface area (Å²) in [5.41, 5.74) is 7.71. The van der Waals surface area contributed by atoms with Crippen LogP contribution in [0.25, 0.3) is 0 Å². The number of nitrogens with two attached hydrogens (primary N) is 1. The Morgan fingerprint density at radius 2 is 1.35 bits per heavy atom. The first kappa shape index (κ1) is 20.7. The van der Waals surface area contributed by atoms with Gasteiger partial charge in [-0.25, -0.2) is 0 Å². The number of rotatable bonds is 6. The Morgan fingerprint density at radius 3 is 1.90 bits per heavy atom. The van der Waals surface area contributed by atoms with Crippen LogP contribution in [0.15, 0.2) is 78.9 Å². The van der Waals surface area contributed by atoms with Gasteiger partial charge in [0.25, 0.3) is 5.91 Å². The predicted octanol–water partition coefficient (Wildman–Crippen LogP) is 4.67. The van der Waals surface area contributed by atoms with Crippen LogP contribution in [0, 0.1) is 5.92 Å². The fraction of sp³-hybridized carbons (Fsp3) is 0.231. The molecule has 0 atom stereocenters. The molecule has 3 aromatic carbocycles. The lowest BCUT2D eigenvalue weighted by atomic mass is 9.90. The van der Waals surface area contributed by atoms with Crippen LogP contribution in [0.2, 0.25) is 0 Å². The van der Waals surface area contributed by atoms with Gasteiger partial charge in [0.1, 0.15) is 11.5 Å². The standard InChI is InChI=1S/C26H26N2O3/c27-25(29)21-6-10-23(11-7-21)31-24-12-8-22(9-13-24)26(30)28-16-14-20(15-17-28)18-19-4-2-1-3-5-19/h1-13,20H,14-18H2,(H2,27,29). The first-order valence-electron chi connectivity index (χ1n) is 10.6. The quantitative estimate of drug-likeness (QED) is 0.637. The first-order chi connectivity index (χ1) is 15.1. The summed E-state index contributed by atoms with van der Waals surface area (Å²) in [6.45, 7) is 1.58. The molecule has 0 aromatic heterocycles. The van der Waals surface area contributed by atoms with E-state index in [0.717, 1.165) is 32.4 Å². The molecule has 1 aliphatic heterocycles. The summed E-state index contributed by atoms with van der Waals surface area (Å²) in [5.74, 6) is 1.45. The lowest BCUT2D eigenvalue weighted by molar-refractivity contribution is 0.0690. The van der Waals surface area contributed by atoms with Gasteiger partial charge in [-0.15, -0.1) is 0 Å². The number of primary amides is 1. The number of ether oxygens (including phenoxy) is 1. The highest BCUT2D eigenvalue weighted by Crippen LogP contribution is 2.25. The molecule has 0 saturated carbocycles. The van der Waals surface area contributed by atoms with E-state index < -0.39 is 5.91 Å². The summed E-state index contributed by atoms with van der Waals surface area (Å²) in [6, 6.07) is 24.4. The van der Waals surface area contributed by atoms with Gasteiger partial charge in [0.15, 0.2) is 0 Å². The number of carbonyl (C=O) groups excluding carboxylic acids is 2. The lowest BCUT2D eigenvalue weighted by Gasteiger charge is -2.32. The minimum absolute atomic E-state index is 0.0653. The van der Waals surface area contributed by atoms with Gasteiger partial charge in [0.2, 0.25) is 5.91 Å². The van der Waals surface area contributed by atoms with Gasteiger partial charge >= 0.3 is 0 Å². The van der Waals surface area contributed by atoms with Gasteiger partial charge in [-0.05, 0) is 79.3 Å². The number of nitrogens with zero attached hydrogens (tertiary/aromatic N) is 1. The maximum absolute atomic E-state index is 12.9. The first-order valence-corrected chi connectivity index (χ1v) is 10.6. The van der Waals surface area contributed by atoms with E-state index in [9.17, 15) is 9.59 Å². The molecule has 1 saturated heterocycles. The molecule has 0 aliphatic carbocycles. The normalized spacial score (nSPS) is 14.3. The average molecular weight is 415 g/mol. The van der Waals surface area contributed by atoms with Crippen LogP contribution in [0.5, 0.6) is 11.5 Å². The second-order valence-corrected chi connectivity index (χ2v) is 7.94. The number of benzene rings is 3. The summed E-state index contributed by atoms with van der Waals surface area (Å²) in [6.07, 6.45) is 3.14. The largest absolute Gasteiger partial charge is 0.457 e. The zero-order valence-corrected chi connectivity index (χ0v) is 17.4. The van der Waals surface area contributed by atoms with E-state index >= 15 is 0 Å². The van der Waals surface area contributed by atoms with Gasteiger partial charge in [0, 0.05) is 24.2 Å². The SMILES string of the molecule is NC(=O)c1ccc(Oc2ccc(C(=O)N3CCC(Cc4ccccc4)CC3)cc2)cc1. The molecular formula is C26H26N2O3. The van der Waals surface area contributed by atoms with E-state index in [1.54, 1.807) is 48.5 Å². The van der Waals surface area contributed by atoms with E-state index in [2.05, 4.69) is 24.3 Å². The number of carbonyl (C=O) groups is 2. The lowest BCUT2D eigenvalue weighted by Crippen LogP contribution is -2.38. The molecule has 4 rings (SSSR count). The van der Waals surface area contributed by atoms with Crippen molar-refractivity contribution in [3.8, 4) is 11.5 Å². The zero-order chi connectivity index (χ0) is 21.6. The predicted molar refractivity (Wildman–Crippen MR) is 120 cm³/mol. The van der Waals surface area contributed by atoms with E-state index in [4.69, 9.17) is 10.5 Å². The summed E-state index contributed by atoms with van der Waals surface area (Å²) in [5, 5.41) is 0. The Balaban J connectivity index is 1.30. The summed E-state index contributed by atoms with van der Waals surface area (Å²) >= 11 is 0. The summed E-state index contributed by atoms with van der Waals surface area (Å²) in [4.78, 5) is 26.0. The third-order valence-corrected chi connectivity index (χ3v) is 5.74. The minimum atomic E-state index is -0.474. The number of hydrogen-bond donors (Lipinski definition) is 1. The fourth-order valence-corrected chi connectivity index (χ4v) is 3.96. The molecule has 0 radical (unpaired) electrons. The van der Waals surface area contributed by atoms with Crippen molar-refractivity contribution < 1.29 is 14.3 Å². The Hall–Kier alpha value is -3.60. The number of likely N-dealkylation sites (tertiary alicyclic amines) is 1. The molecule has 158 valence electrons. The van der Waals surface area contributed by atoms with E-state index in [0.29, 0.717) is 28.5 Å². The van der Waals surface area contributed by atoms with Gasteiger partial charge in [-0.1, -0.05) is 30.3 Å². The van der Waals surface area contributed by atoms with Gasteiger partial charge in [-0.3, -0.25) is 9.59 Å². The molecule has 31 heavy (non-hydrogen) atoms. The molecule has 1 heterocycles. The van der Waals surface area contributed by atoms with Gasteiger partial charge in [0.05, 0.1) is 0 Å². The van der Waals surface area contributed by atoms with E-state index in [1.165, 1.54) is 5.56 Å². The molecule has 0 bridgehead atoms. The van der Waals surface area contributed by atoms with Crippen LogP contribution in [0.3, 0.4) is 0 Å². The van der Waals surface area contributed by atoms with Crippen molar-refractivity contribution in [2.75, 3.05) is 13.1 Å². The van der Waals surface area contributed by atoms with Crippen molar-refractivity contribution in [3.05, 3.63) is 95.6 Å².